The van der Waals surface area contributed by atoms with Crippen molar-refractivity contribution in [1.82, 2.24) is 15.1 Å². The Morgan fingerprint density at radius 2 is 2.00 bits per heavy atom. The van der Waals surface area contributed by atoms with Gasteiger partial charge in [-0.3, -0.25) is 9.59 Å². The number of amides is 2. The van der Waals surface area contributed by atoms with Gasteiger partial charge in [0, 0.05) is 36.1 Å². The Bertz CT molecular complexity index is 881. The molecule has 8 heteroatoms. The molecule has 2 amide bonds. The number of anilines is 1. The molecule has 1 aromatic heterocycles. The van der Waals surface area contributed by atoms with Gasteiger partial charge >= 0.3 is 0 Å². The van der Waals surface area contributed by atoms with E-state index in [9.17, 15) is 9.59 Å². The average Bonchev–Trinajstić information content (AvgIpc) is 3.40. The summed E-state index contributed by atoms with van der Waals surface area (Å²) in [5.41, 5.74) is 0.626. The Morgan fingerprint density at radius 3 is 2.79 bits per heavy atom. The van der Waals surface area contributed by atoms with Crippen LogP contribution < -0.4 is 5.32 Å². The van der Waals surface area contributed by atoms with Gasteiger partial charge in [-0.25, -0.2) is 0 Å². The van der Waals surface area contributed by atoms with E-state index in [1.165, 1.54) is 37.0 Å². The second-order valence-corrected chi connectivity index (χ2v) is 9.39. The van der Waals surface area contributed by atoms with Crippen molar-refractivity contribution >= 4 is 40.4 Å². The Balaban J connectivity index is 1.36. The van der Waals surface area contributed by atoms with E-state index in [4.69, 9.17) is 11.6 Å². The predicted molar refractivity (Wildman–Crippen MR) is 114 cm³/mol. The van der Waals surface area contributed by atoms with Crippen LogP contribution in [0.25, 0.3) is 0 Å². The Hall–Kier alpha value is -1.99. The Labute approximate surface area is 179 Å². The first-order valence-electron chi connectivity index (χ1n) is 10.3. The van der Waals surface area contributed by atoms with Gasteiger partial charge in [-0.2, -0.15) is 0 Å². The molecular formula is C21H25ClN4O2S. The van der Waals surface area contributed by atoms with Crippen molar-refractivity contribution in [3.63, 3.8) is 0 Å². The molecule has 1 saturated heterocycles. The third kappa shape index (κ3) is 5.14. The van der Waals surface area contributed by atoms with Crippen molar-refractivity contribution in [3.05, 3.63) is 39.3 Å². The van der Waals surface area contributed by atoms with Crippen LogP contribution in [0.5, 0.6) is 0 Å². The zero-order chi connectivity index (χ0) is 20.2. The number of nitrogens with one attached hydrogen (secondary N) is 1. The standard InChI is InChI=1S/C21H25ClN4O2S/c22-16-8-3-9-17(12-16)23-19(28)21-25-24-20(29-21)15-7-4-10-26(13-15)18(27)11-14-5-1-2-6-14/h3,8-9,12,14-15H,1-2,4-7,10-11,13H2,(H,23,28)/t15-/m0/s1. The topological polar surface area (TPSA) is 75.2 Å². The molecule has 1 aliphatic carbocycles. The van der Waals surface area contributed by atoms with E-state index < -0.39 is 0 Å². The van der Waals surface area contributed by atoms with Crippen molar-refractivity contribution in [2.45, 2.75) is 50.9 Å². The number of halogens is 1. The number of piperidine rings is 1. The van der Waals surface area contributed by atoms with Crippen LogP contribution in [0.15, 0.2) is 24.3 Å². The van der Waals surface area contributed by atoms with Crippen LogP contribution in [0.2, 0.25) is 5.02 Å². The van der Waals surface area contributed by atoms with Crippen LogP contribution in [0.4, 0.5) is 5.69 Å². The van der Waals surface area contributed by atoms with Gasteiger partial charge in [-0.1, -0.05) is 41.8 Å². The molecule has 0 bridgehead atoms. The average molecular weight is 433 g/mol. The molecule has 6 nitrogen and oxygen atoms in total. The van der Waals surface area contributed by atoms with Crippen LogP contribution in [0.1, 0.15) is 65.7 Å². The second kappa shape index (κ2) is 9.22. The minimum Gasteiger partial charge on any atom is -0.342 e. The van der Waals surface area contributed by atoms with Crippen molar-refractivity contribution in [3.8, 4) is 0 Å². The highest BCUT2D eigenvalue weighted by Crippen LogP contribution is 2.32. The number of aromatic nitrogens is 2. The summed E-state index contributed by atoms with van der Waals surface area (Å²) in [5.74, 6) is 0.693. The van der Waals surface area contributed by atoms with Crippen LogP contribution in [0, 0.1) is 5.92 Å². The van der Waals surface area contributed by atoms with Crippen molar-refractivity contribution in [2.24, 2.45) is 5.92 Å². The molecule has 2 aliphatic rings. The molecule has 0 radical (unpaired) electrons. The molecule has 29 heavy (non-hydrogen) atoms. The molecule has 1 atom stereocenters. The van der Waals surface area contributed by atoms with Crippen molar-refractivity contribution < 1.29 is 9.59 Å². The third-order valence-corrected chi connectivity index (χ3v) is 7.10. The zero-order valence-electron chi connectivity index (χ0n) is 16.3. The number of hydrogen-bond acceptors (Lipinski definition) is 5. The lowest BCUT2D eigenvalue weighted by Gasteiger charge is -2.32. The van der Waals surface area contributed by atoms with E-state index in [-0.39, 0.29) is 17.7 Å². The van der Waals surface area contributed by atoms with E-state index in [2.05, 4.69) is 15.5 Å². The summed E-state index contributed by atoms with van der Waals surface area (Å²) < 4.78 is 0. The molecule has 2 aromatic rings. The quantitative estimate of drug-likeness (QED) is 0.741. The number of carbonyl (C=O) groups excluding carboxylic acids is 2. The van der Waals surface area contributed by atoms with Crippen molar-refractivity contribution in [1.29, 1.82) is 0 Å². The summed E-state index contributed by atoms with van der Waals surface area (Å²) in [4.78, 5) is 27.2. The zero-order valence-corrected chi connectivity index (χ0v) is 17.8. The molecule has 4 rings (SSSR count). The monoisotopic (exact) mass is 432 g/mol. The summed E-state index contributed by atoms with van der Waals surface area (Å²) in [6.45, 7) is 1.50. The number of likely N-dealkylation sites (tertiary alicyclic amines) is 1. The van der Waals surface area contributed by atoms with Crippen LogP contribution in [0.3, 0.4) is 0 Å². The minimum atomic E-state index is -0.291. The number of nitrogens with zero attached hydrogens (tertiary/aromatic N) is 3. The van der Waals surface area contributed by atoms with Gasteiger partial charge in [0.15, 0.2) is 0 Å². The van der Waals surface area contributed by atoms with Crippen LogP contribution >= 0.6 is 22.9 Å². The molecule has 154 valence electrons. The first kappa shape index (κ1) is 20.3. The van der Waals surface area contributed by atoms with E-state index in [0.29, 0.717) is 34.6 Å². The van der Waals surface area contributed by atoms with E-state index in [0.717, 1.165) is 24.4 Å². The Kier molecular flexibility index (Phi) is 6.45. The first-order valence-corrected chi connectivity index (χ1v) is 11.5. The normalized spacial score (nSPS) is 20.0. The van der Waals surface area contributed by atoms with E-state index in [1.54, 1.807) is 24.3 Å². The first-order chi connectivity index (χ1) is 14.1. The van der Waals surface area contributed by atoms with Gasteiger partial charge in [0.1, 0.15) is 5.01 Å². The van der Waals surface area contributed by atoms with E-state index >= 15 is 0 Å². The largest absolute Gasteiger partial charge is 0.342 e. The lowest BCUT2D eigenvalue weighted by atomic mass is 9.97. The molecule has 1 aliphatic heterocycles. The van der Waals surface area contributed by atoms with Crippen molar-refractivity contribution in [2.75, 3.05) is 18.4 Å². The lowest BCUT2D eigenvalue weighted by molar-refractivity contribution is -0.133. The maximum absolute atomic E-state index is 12.7. The maximum atomic E-state index is 12.7. The fourth-order valence-corrected chi connectivity index (χ4v) is 5.29. The molecule has 1 saturated carbocycles. The summed E-state index contributed by atoms with van der Waals surface area (Å²) in [6.07, 6.45) is 7.49. The highest BCUT2D eigenvalue weighted by Gasteiger charge is 2.29. The molecule has 0 unspecified atom stereocenters. The van der Waals surface area contributed by atoms with Gasteiger partial charge in [0.05, 0.1) is 0 Å². The summed E-state index contributed by atoms with van der Waals surface area (Å²) in [7, 11) is 0. The fourth-order valence-electron chi connectivity index (χ4n) is 4.24. The van der Waals surface area contributed by atoms with Crippen LogP contribution in [-0.4, -0.2) is 40.0 Å². The van der Waals surface area contributed by atoms with Gasteiger partial charge in [0.25, 0.3) is 5.91 Å². The Morgan fingerprint density at radius 1 is 1.17 bits per heavy atom. The maximum Gasteiger partial charge on any atom is 0.286 e. The number of carbonyl (C=O) groups is 2. The van der Waals surface area contributed by atoms with Gasteiger partial charge in [0.2, 0.25) is 10.9 Å². The SMILES string of the molecule is O=C(Nc1cccc(Cl)c1)c1nnc([C@H]2CCCN(C(=O)CC3CCCC3)C2)s1. The highest BCUT2D eigenvalue weighted by molar-refractivity contribution is 7.13. The van der Waals surface area contributed by atoms with Gasteiger partial charge in [-0.05, 0) is 49.8 Å². The molecule has 1 aromatic carbocycles. The highest BCUT2D eigenvalue weighted by atomic mass is 35.5. The molecular weight excluding hydrogens is 408 g/mol. The smallest absolute Gasteiger partial charge is 0.286 e. The second-order valence-electron chi connectivity index (χ2n) is 7.94. The molecule has 1 N–H and O–H groups in total. The number of benzene rings is 1. The summed E-state index contributed by atoms with van der Waals surface area (Å²) >= 11 is 7.28. The number of hydrogen-bond donors (Lipinski definition) is 1. The summed E-state index contributed by atoms with van der Waals surface area (Å²) in [5, 5.41) is 12.9. The van der Waals surface area contributed by atoms with Gasteiger partial charge < -0.3 is 10.2 Å². The molecule has 2 heterocycles. The van der Waals surface area contributed by atoms with Gasteiger partial charge in [-0.15, -0.1) is 10.2 Å². The minimum absolute atomic E-state index is 0.154. The number of rotatable bonds is 5. The summed E-state index contributed by atoms with van der Waals surface area (Å²) in [6, 6.07) is 7.00. The fraction of sp³-hybridized carbons (Fsp3) is 0.524. The molecule has 2 fully saturated rings. The molecule has 0 spiro atoms. The predicted octanol–water partition coefficient (Wildman–Crippen LogP) is 4.73. The lowest BCUT2D eigenvalue weighted by Crippen LogP contribution is -2.39. The third-order valence-electron chi connectivity index (χ3n) is 5.78. The van der Waals surface area contributed by atoms with Crippen LogP contribution in [-0.2, 0) is 4.79 Å². The van der Waals surface area contributed by atoms with E-state index in [1.807, 2.05) is 4.90 Å².